The number of nitrogens with zero attached hydrogens (tertiary/aromatic N) is 2. The molecule has 0 saturated heterocycles. The summed E-state index contributed by atoms with van der Waals surface area (Å²) in [5.74, 6) is -0.274. The van der Waals surface area contributed by atoms with Gasteiger partial charge in [-0.15, -0.1) is 0 Å². The third kappa shape index (κ3) is 4.50. The largest absolute Gasteiger partial charge is 0.324 e. The van der Waals surface area contributed by atoms with Crippen LogP contribution in [-0.2, 0) is 24.2 Å². The van der Waals surface area contributed by atoms with E-state index in [0.717, 1.165) is 29.7 Å². The highest BCUT2D eigenvalue weighted by atomic mass is 16.2. The van der Waals surface area contributed by atoms with E-state index in [4.69, 9.17) is 0 Å². The van der Waals surface area contributed by atoms with Crippen LogP contribution in [0.25, 0.3) is 11.3 Å². The number of anilines is 1. The second kappa shape index (κ2) is 8.45. The number of aryl methyl sites for hydroxylation is 2. The van der Waals surface area contributed by atoms with Crippen molar-refractivity contribution in [2.75, 3.05) is 5.32 Å². The monoisotopic (exact) mass is 361 g/mol. The topological polar surface area (TPSA) is 64.0 Å². The van der Waals surface area contributed by atoms with Gasteiger partial charge in [-0.25, -0.2) is 4.68 Å². The number of nitrogens with one attached hydrogen (secondary N) is 1. The van der Waals surface area contributed by atoms with Crippen LogP contribution in [0, 0.1) is 0 Å². The Morgan fingerprint density at radius 2 is 1.70 bits per heavy atom. The first-order valence-corrected chi connectivity index (χ1v) is 9.16. The summed E-state index contributed by atoms with van der Waals surface area (Å²) < 4.78 is 1.20. The predicted molar refractivity (Wildman–Crippen MR) is 108 cm³/mol. The van der Waals surface area contributed by atoms with Gasteiger partial charge in [0.2, 0.25) is 5.91 Å². The first kappa shape index (κ1) is 18.6. The van der Waals surface area contributed by atoms with Crippen molar-refractivity contribution in [2.45, 2.75) is 33.2 Å². The number of amides is 1. The van der Waals surface area contributed by atoms with Gasteiger partial charge in [-0.2, -0.15) is 5.10 Å². The minimum absolute atomic E-state index is 0.127. The normalized spacial score (nSPS) is 10.6. The Kier molecular flexibility index (Phi) is 5.81. The average Bonchev–Trinajstić information content (AvgIpc) is 2.70. The maximum absolute atomic E-state index is 12.4. The van der Waals surface area contributed by atoms with E-state index in [0.29, 0.717) is 5.69 Å². The highest BCUT2D eigenvalue weighted by Crippen LogP contribution is 2.17. The standard InChI is InChI=1S/C22H23N3O2/c1-3-16-9-11-18(12-10-16)20-13-14-22(27)25(24-20)15-21(26)23-19-8-6-5-7-17(19)4-2/h5-14H,3-4,15H2,1-2H3,(H,23,26). The van der Waals surface area contributed by atoms with Crippen LogP contribution < -0.4 is 10.9 Å². The number of para-hydroxylation sites is 1. The first-order valence-electron chi connectivity index (χ1n) is 9.16. The van der Waals surface area contributed by atoms with Gasteiger partial charge in [0.1, 0.15) is 6.54 Å². The molecule has 1 heterocycles. The van der Waals surface area contributed by atoms with Crippen LogP contribution in [0.3, 0.4) is 0 Å². The quantitative estimate of drug-likeness (QED) is 0.728. The van der Waals surface area contributed by atoms with E-state index < -0.39 is 0 Å². The summed E-state index contributed by atoms with van der Waals surface area (Å²) in [4.78, 5) is 24.6. The van der Waals surface area contributed by atoms with Gasteiger partial charge in [-0.05, 0) is 36.1 Å². The fourth-order valence-corrected chi connectivity index (χ4v) is 2.90. The number of hydrogen-bond donors (Lipinski definition) is 1. The summed E-state index contributed by atoms with van der Waals surface area (Å²) in [6, 6.07) is 18.8. The molecule has 5 nitrogen and oxygen atoms in total. The molecule has 1 N–H and O–H groups in total. The SMILES string of the molecule is CCc1ccc(-c2ccc(=O)n(CC(=O)Nc3ccccc3CC)n2)cc1. The van der Waals surface area contributed by atoms with E-state index >= 15 is 0 Å². The van der Waals surface area contributed by atoms with Crippen molar-refractivity contribution >= 4 is 11.6 Å². The molecular weight excluding hydrogens is 338 g/mol. The Morgan fingerprint density at radius 1 is 0.963 bits per heavy atom. The molecule has 2 aromatic carbocycles. The van der Waals surface area contributed by atoms with Gasteiger partial charge in [0.25, 0.3) is 5.56 Å². The molecule has 0 radical (unpaired) electrons. The predicted octanol–water partition coefficient (Wildman–Crippen LogP) is 3.67. The summed E-state index contributed by atoms with van der Waals surface area (Å²) in [5, 5.41) is 7.24. The lowest BCUT2D eigenvalue weighted by Crippen LogP contribution is -2.29. The molecular formula is C22H23N3O2. The molecule has 0 bridgehead atoms. The van der Waals surface area contributed by atoms with Crippen molar-refractivity contribution in [3.8, 4) is 11.3 Å². The van der Waals surface area contributed by atoms with Crippen LogP contribution >= 0.6 is 0 Å². The van der Waals surface area contributed by atoms with Crippen LogP contribution in [-0.4, -0.2) is 15.7 Å². The van der Waals surface area contributed by atoms with Crippen molar-refractivity contribution in [1.82, 2.24) is 9.78 Å². The fourth-order valence-electron chi connectivity index (χ4n) is 2.90. The summed E-state index contributed by atoms with van der Waals surface area (Å²) in [6.07, 6.45) is 1.78. The van der Waals surface area contributed by atoms with Crippen LogP contribution in [0.15, 0.2) is 65.5 Å². The van der Waals surface area contributed by atoms with Crippen LogP contribution in [0.4, 0.5) is 5.69 Å². The smallest absolute Gasteiger partial charge is 0.267 e. The van der Waals surface area contributed by atoms with Gasteiger partial charge in [0.15, 0.2) is 0 Å². The maximum Gasteiger partial charge on any atom is 0.267 e. The summed E-state index contributed by atoms with van der Waals surface area (Å²) in [6.45, 7) is 4.00. The van der Waals surface area contributed by atoms with E-state index in [1.165, 1.54) is 16.3 Å². The first-order chi connectivity index (χ1) is 13.1. The van der Waals surface area contributed by atoms with Gasteiger partial charge < -0.3 is 5.32 Å². The van der Waals surface area contributed by atoms with E-state index in [1.807, 2.05) is 55.5 Å². The van der Waals surface area contributed by atoms with E-state index in [9.17, 15) is 9.59 Å². The zero-order chi connectivity index (χ0) is 19.2. The van der Waals surface area contributed by atoms with Gasteiger partial charge in [0, 0.05) is 17.3 Å². The lowest BCUT2D eigenvalue weighted by Gasteiger charge is -2.11. The van der Waals surface area contributed by atoms with Crippen molar-refractivity contribution in [2.24, 2.45) is 0 Å². The maximum atomic E-state index is 12.4. The third-order valence-electron chi connectivity index (χ3n) is 4.49. The van der Waals surface area contributed by atoms with E-state index in [1.54, 1.807) is 6.07 Å². The van der Waals surface area contributed by atoms with Crippen molar-refractivity contribution in [1.29, 1.82) is 0 Å². The highest BCUT2D eigenvalue weighted by molar-refractivity contribution is 5.91. The zero-order valence-electron chi connectivity index (χ0n) is 15.6. The van der Waals surface area contributed by atoms with Crippen LogP contribution in [0.2, 0.25) is 0 Å². The molecule has 138 valence electrons. The number of hydrogen-bond acceptors (Lipinski definition) is 3. The van der Waals surface area contributed by atoms with Crippen molar-refractivity contribution in [3.63, 3.8) is 0 Å². The minimum atomic E-state index is -0.303. The van der Waals surface area contributed by atoms with E-state index in [-0.39, 0.29) is 18.0 Å². The van der Waals surface area contributed by atoms with E-state index in [2.05, 4.69) is 17.3 Å². The summed E-state index contributed by atoms with van der Waals surface area (Å²) in [5.41, 5.74) is 4.33. The molecule has 0 fully saturated rings. The van der Waals surface area contributed by atoms with Gasteiger partial charge in [0.05, 0.1) is 5.69 Å². The molecule has 0 atom stereocenters. The third-order valence-corrected chi connectivity index (χ3v) is 4.49. The Morgan fingerprint density at radius 3 is 2.41 bits per heavy atom. The molecule has 0 saturated carbocycles. The van der Waals surface area contributed by atoms with Crippen LogP contribution in [0.1, 0.15) is 25.0 Å². The van der Waals surface area contributed by atoms with Gasteiger partial charge in [-0.1, -0.05) is 56.3 Å². The fraction of sp³-hybridized carbons (Fsp3) is 0.227. The highest BCUT2D eigenvalue weighted by Gasteiger charge is 2.10. The molecule has 0 unspecified atom stereocenters. The molecule has 5 heteroatoms. The van der Waals surface area contributed by atoms with Gasteiger partial charge >= 0.3 is 0 Å². The molecule has 0 spiro atoms. The number of benzene rings is 2. The molecule has 0 aliphatic rings. The van der Waals surface area contributed by atoms with Crippen molar-refractivity contribution < 1.29 is 4.79 Å². The van der Waals surface area contributed by atoms with Crippen molar-refractivity contribution in [3.05, 3.63) is 82.1 Å². The molecule has 0 aliphatic carbocycles. The Bertz CT molecular complexity index is 991. The summed E-state index contributed by atoms with van der Waals surface area (Å²) in [7, 11) is 0. The molecule has 27 heavy (non-hydrogen) atoms. The number of carbonyl (C=O) groups is 1. The Hall–Kier alpha value is -3.21. The zero-order valence-corrected chi connectivity index (χ0v) is 15.6. The Balaban J connectivity index is 1.80. The molecule has 1 amide bonds. The second-order valence-electron chi connectivity index (χ2n) is 6.32. The average molecular weight is 361 g/mol. The summed E-state index contributed by atoms with van der Waals surface area (Å²) >= 11 is 0. The second-order valence-corrected chi connectivity index (χ2v) is 6.32. The molecule has 3 rings (SSSR count). The van der Waals surface area contributed by atoms with Crippen LogP contribution in [0.5, 0.6) is 0 Å². The molecule has 0 aliphatic heterocycles. The number of aromatic nitrogens is 2. The lowest BCUT2D eigenvalue weighted by molar-refractivity contribution is -0.117. The minimum Gasteiger partial charge on any atom is -0.324 e. The number of carbonyl (C=O) groups excluding carboxylic acids is 1. The molecule has 1 aromatic heterocycles. The lowest BCUT2D eigenvalue weighted by atomic mass is 10.1. The Labute approximate surface area is 158 Å². The van der Waals surface area contributed by atoms with Gasteiger partial charge in [-0.3, -0.25) is 9.59 Å². The number of rotatable bonds is 6. The molecule has 3 aromatic rings.